The molecule has 0 N–H and O–H groups in total. The van der Waals surface area contributed by atoms with Crippen molar-refractivity contribution in [3.05, 3.63) is 80.9 Å². The lowest BCUT2D eigenvalue weighted by Crippen LogP contribution is -2.17. The minimum Gasteiger partial charge on any atom is -0.0655 e. The Hall–Kier alpha value is -1.86. The average molecular weight is 371 g/mol. The summed E-state index contributed by atoms with van der Waals surface area (Å²) in [6, 6.07) is 13.9. The van der Waals surface area contributed by atoms with Gasteiger partial charge in [-0.05, 0) is 96.1 Å². The summed E-state index contributed by atoms with van der Waals surface area (Å²) in [4.78, 5) is 0. The molecular formula is C26H30Si. The van der Waals surface area contributed by atoms with Crippen molar-refractivity contribution in [3.8, 4) is 0 Å². The summed E-state index contributed by atoms with van der Waals surface area (Å²) in [7, 11) is 0.886. The molecule has 2 atom stereocenters. The van der Waals surface area contributed by atoms with Crippen molar-refractivity contribution >= 4 is 20.7 Å². The van der Waals surface area contributed by atoms with E-state index in [0.717, 1.165) is 22.4 Å². The Morgan fingerprint density at radius 1 is 0.667 bits per heavy atom. The zero-order valence-electron chi connectivity index (χ0n) is 17.5. The summed E-state index contributed by atoms with van der Waals surface area (Å²) in [5, 5.41) is 0. The summed E-state index contributed by atoms with van der Waals surface area (Å²) in [5.41, 5.74) is 16.7. The van der Waals surface area contributed by atoms with Crippen LogP contribution in [0.25, 0.3) is 11.1 Å². The molecule has 2 aliphatic carbocycles. The molecule has 0 aromatic heterocycles. The van der Waals surface area contributed by atoms with Crippen LogP contribution in [0.2, 0.25) is 0 Å². The molecule has 138 valence electrons. The van der Waals surface area contributed by atoms with Crippen LogP contribution in [-0.2, 0) is 12.8 Å². The lowest BCUT2D eigenvalue weighted by molar-refractivity contribution is 1.02. The number of aryl methyl sites for hydroxylation is 2. The first-order chi connectivity index (χ1) is 13.0. The smallest absolute Gasteiger partial charge is 0.0655 e. The van der Waals surface area contributed by atoms with Gasteiger partial charge in [-0.25, -0.2) is 0 Å². The molecular weight excluding hydrogens is 340 g/mol. The zero-order chi connectivity index (χ0) is 19.3. The molecule has 0 saturated carbocycles. The minimum atomic E-state index is 0.579. The quantitative estimate of drug-likeness (QED) is 0.513. The van der Waals surface area contributed by atoms with Crippen LogP contribution < -0.4 is 0 Å². The summed E-state index contributed by atoms with van der Waals surface area (Å²) >= 11 is 0. The van der Waals surface area contributed by atoms with Crippen molar-refractivity contribution in [2.75, 3.05) is 0 Å². The topological polar surface area (TPSA) is 0 Å². The third-order valence-electron chi connectivity index (χ3n) is 6.88. The fourth-order valence-corrected chi connectivity index (χ4v) is 7.22. The van der Waals surface area contributed by atoms with Crippen LogP contribution >= 0.6 is 0 Å². The van der Waals surface area contributed by atoms with Gasteiger partial charge in [0.15, 0.2) is 0 Å². The molecule has 0 spiro atoms. The molecule has 2 radical (unpaired) electrons. The molecule has 4 rings (SSSR count). The third kappa shape index (κ3) is 2.70. The summed E-state index contributed by atoms with van der Waals surface area (Å²) < 4.78 is 0. The molecule has 0 nitrogen and oxygen atoms in total. The fourth-order valence-electron chi connectivity index (χ4n) is 5.12. The van der Waals surface area contributed by atoms with Gasteiger partial charge in [-0.15, -0.1) is 0 Å². The first-order valence-electron chi connectivity index (χ1n) is 10.3. The van der Waals surface area contributed by atoms with E-state index in [1.165, 1.54) is 22.3 Å². The van der Waals surface area contributed by atoms with Gasteiger partial charge in [0.05, 0.1) is 9.52 Å². The first kappa shape index (κ1) is 18.5. The van der Waals surface area contributed by atoms with E-state index in [-0.39, 0.29) is 0 Å². The predicted molar refractivity (Wildman–Crippen MR) is 119 cm³/mol. The van der Waals surface area contributed by atoms with Crippen LogP contribution in [-0.4, -0.2) is 9.52 Å². The van der Waals surface area contributed by atoms with E-state index >= 15 is 0 Å². The number of hydrogen-bond donors (Lipinski definition) is 0. The number of benzene rings is 2. The van der Waals surface area contributed by atoms with Crippen molar-refractivity contribution in [3.63, 3.8) is 0 Å². The van der Waals surface area contributed by atoms with E-state index in [9.17, 15) is 0 Å². The lowest BCUT2D eigenvalue weighted by Gasteiger charge is -2.21. The van der Waals surface area contributed by atoms with Gasteiger partial charge in [-0.1, -0.05) is 61.4 Å². The molecule has 2 aliphatic rings. The molecule has 0 aliphatic heterocycles. The standard InChI is InChI=1S/C26H30Si/c1-7-19-11-9-13-21-23(19)15(3)17(5)25(21)27-26-18(6)16(4)24-20(8-2)12-10-14-22(24)26/h9-14,25-26H,7-8H2,1-6H3. The molecule has 2 aromatic carbocycles. The van der Waals surface area contributed by atoms with Crippen molar-refractivity contribution in [1.82, 2.24) is 0 Å². The monoisotopic (exact) mass is 370 g/mol. The molecule has 0 heterocycles. The van der Waals surface area contributed by atoms with E-state index in [0.29, 0.717) is 11.1 Å². The van der Waals surface area contributed by atoms with Gasteiger partial charge in [0.1, 0.15) is 0 Å². The largest absolute Gasteiger partial charge is 0.0678 e. The average Bonchev–Trinajstić information content (AvgIpc) is 3.08. The number of hydrogen-bond acceptors (Lipinski definition) is 0. The Morgan fingerprint density at radius 3 is 1.44 bits per heavy atom. The maximum Gasteiger partial charge on any atom is 0.0678 e. The Kier molecular flexibility index (Phi) is 4.76. The Morgan fingerprint density at radius 2 is 1.07 bits per heavy atom. The lowest BCUT2D eigenvalue weighted by atomic mass is 9.98. The van der Waals surface area contributed by atoms with Gasteiger partial charge < -0.3 is 0 Å². The van der Waals surface area contributed by atoms with Crippen molar-refractivity contribution in [2.45, 2.75) is 65.5 Å². The summed E-state index contributed by atoms with van der Waals surface area (Å²) in [6.45, 7) is 14.0. The Balaban J connectivity index is 1.78. The molecule has 2 unspecified atom stereocenters. The molecule has 1 heteroatoms. The second-order valence-electron chi connectivity index (χ2n) is 8.12. The maximum atomic E-state index is 2.39. The number of allylic oxidation sites excluding steroid dienone is 4. The van der Waals surface area contributed by atoms with Crippen LogP contribution in [0, 0.1) is 0 Å². The second-order valence-corrected chi connectivity index (χ2v) is 9.61. The van der Waals surface area contributed by atoms with Crippen molar-refractivity contribution in [1.29, 1.82) is 0 Å². The van der Waals surface area contributed by atoms with Crippen molar-refractivity contribution in [2.24, 2.45) is 0 Å². The highest BCUT2D eigenvalue weighted by Crippen LogP contribution is 2.48. The first-order valence-corrected chi connectivity index (χ1v) is 11.5. The van der Waals surface area contributed by atoms with Crippen LogP contribution in [0.5, 0.6) is 0 Å². The SMILES string of the molecule is CCc1cccc2c1C(C)=C(C)C2[Si]C1C(C)=C(C)c2c(CC)cccc21. The van der Waals surface area contributed by atoms with Gasteiger partial charge in [0.25, 0.3) is 0 Å². The van der Waals surface area contributed by atoms with Crippen LogP contribution in [0.15, 0.2) is 47.5 Å². The Labute approximate surface area is 167 Å². The van der Waals surface area contributed by atoms with E-state index < -0.39 is 0 Å². The van der Waals surface area contributed by atoms with Gasteiger partial charge in [-0.3, -0.25) is 0 Å². The van der Waals surface area contributed by atoms with Crippen LogP contribution in [0.4, 0.5) is 0 Å². The molecule has 27 heavy (non-hydrogen) atoms. The van der Waals surface area contributed by atoms with E-state index in [1.807, 2.05) is 0 Å². The highest BCUT2D eigenvalue weighted by atomic mass is 28.2. The maximum absolute atomic E-state index is 2.39. The molecule has 0 bridgehead atoms. The van der Waals surface area contributed by atoms with Crippen LogP contribution in [0.3, 0.4) is 0 Å². The normalized spacial score (nSPS) is 21.1. The molecule has 0 fully saturated rings. The van der Waals surface area contributed by atoms with E-state index in [4.69, 9.17) is 0 Å². The van der Waals surface area contributed by atoms with Gasteiger partial charge in [-0.2, -0.15) is 0 Å². The fraction of sp³-hybridized carbons (Fsp3) is 0.385. The molecule has 0 saturated heterocycles. The molecule has 2 aromatic rings. The Bertz CT molecular complexity index is 894. The van der Waals surface area contributed by atoms with Crippen molar-refractivity contribution < 1.29 is 0 Å². The minimum absolute atomic E-state index is 0.579. The predicted octanol–water partition coefficient (Wildman–Crippen LogP) is 6.91. The second kappa shape index (κ2) is 6.94. The van der Waals surface area contributed by atoms with E-state index in [2.05, 4.69) is 77.9 Å². The van der Waals surface area contributed by atoms with Gasteiger partial charge >= 0.3 is 0 Å². The molecule has 0 amide bonds. The zero-order valence-corrected chi connectivity index (χ0v) is 18.5. The van der Waals surface area contributed by atoms with Gasteiger partial charge in [0.2, 0.25) is 0 Å². The highest BCUT2D eigenvalue weighted by Gasteiger charge is 2.35. The van der Waals surface area contributed by atoms with Crippen LogP contribution in [0.1, 0.15) is 86.0 Å². The number of rotatable bonds is 4. The third-order valence-corrected chi connectivity index (χ3v) is 9.04. The number of fused-ring (bicyclic) bond motifs is 2. The highest BCUT2D eigenvalue weighted by molar-refractivity contribution is 6.44. The van der Waals surface area contributed by atoms with Gasteiger partial charge in [0, 0.05) is 0 Å². The van der Waals surface area contributed by atoms with E-state index in [1.54, 1.807) is 33.4 Å². The summed E-state index contributed by atoms with van der Waals surface area (Å²) in [6.07, 6.45) is 2.24. The summed E-state index contributed by atoms with van der Waals surface area (Å²) in [5.74, 6) is 0.